The second-order valence-electron chi connectivity index (χ2n) is 26.2. The molecule has 0 fully saturated rings. The molecule has 10 rings (SSSR count). The fourth-order valence-corrected chi connectivity index (χ4v) is 11.8. The molecule has 426 valence electrons. The third-order valence-corrected chi connectivity index (χ3v) is 17.3. The average Bonchev–Trinajstić information content (AvgIpc) is 2.65. The summed E-state index contributed by atoms with van der Waals surface area (Å²) in [5, 5.41) is 1.76. The minimum Gasteiger partial charge on any atom is -0.309 e. The molecule has 0 bridgehead atoms. The number of benzene rings is 9. The van der Waals surface area contributed by atoms with E-state index in [1.54, 1.807) is 12.1 Å². The Bertz CT molecular complexity index is 3540. The van der Waals surface area contributed by atoms with E-state index in [0.717, 1.165) is 55.3 Å². The smallest absolute Gasteiger partial charge is 0.309 e. The number of halogens is 3. The molecular formula is C79H84F3N. The van der Waals surface area contributed by atoms with E-state index in [-0.39, 0.29) is 5.69 Å². The predicted octanol–water partition coefficient (Wildman–Crippen LogP) is 24.8. The molecule has 1 aromatic heterocycles. The van der Waals surface area contributed by atoms with Gasteiger partial charge in [0.15, 0.2) is 0 Å². The monoisotopic (exact) mass is 1100 g/mol. The number of alkyl halides is 3. The lowest BCUT2D eigenvalue weighted by Crippen LogP contribution is -2.10. The van der Waals surface area contributed by atoms with Gasteiger partial charge in [0.25, 0.3) is 0 Å². The molecule has 0 unspecified atom stereocenters. The molecule has 83 heavy (non-hydrogen) atoms. The molecule has 0 N–H and O–H groups in total. The van der Waals surface area contributed by atoms with Crippen molar-refractivity contribution < 1.29 is 13.2 Å². The summed E-state index contributed by atoms with van der Waals surface area (Å²) in [6.07, 6.45) is -4.58. The zero-order valence-electron chi connectivity index (χ0n) is 51.9. The summed E-state index contributed by atoms with van der Waals surface area (Å²) in [4.78, 5) is 0. The van der Waals surface area contributed by atoms with Gasteiger partial charge in [0.05, 0.1) is 22.3 Å². The Kier molecular flexibility index (Phi) is 16.5. The first-order chi connectivity index (χ1) is 39.3. The highest BCUT2D eigenvalue weighted by molar-refractivity contribution is 6.12. The summed E-state index contributed by atoms with van der Waals surface area (Å²) in [7, 11) is 0. The number of nitrogens with zero attached hydrogens (tertiary/aromatic N) is 1. The van der Waals surface area contributed by atoms with Crippen LogP contribution in [0.3, 0.4) is 0 Å². The number of para-hydroxylation sites is 1. The quantitative estimate of drug-likeness (QED) is 0.0964. The van der Waals surface area contributed by atoms with Crippen LogP contribution in [0.25, 0.3) is 94.3 Å². The maximum Gasteiger partial charge on any atom is 0.418 e. The van der Waals surface area contributed by atoms with E-state index in [9.17, 15) is 0 Å². The Labute approximate surface area is 493 Å². The first-order valence-corrected chi connectivity index (χ1v) is 30.5. The molecule has 0 atom stereocenters. The van der Waals surface area contributed by atoms with Gasteiger partial charge in [-0.25, -0.2) is 0 Å². The van der Waals surface area contributed by atoms with Crippen LogP contribution in [0.2, 0.25) is 0 Å². The first kappa shape index (κ1) is 58.8. The van der Waals surface area contributed by atoms with Gasteiger partial charge in [-0.1, -0.05) is 208 Å². The topological polar surface area (TPSA) is 4.93 Å². The van der Waals surface area contributed by atoms with Crippen molar-refractivity contribution in [2.24, 2.45) is 0 Å². The second kappa shape index (κ2) is 23.3. The maximum absolute atomic E-state index is 15.3. The van der Waals surface area contributed by atoms with Crippen LogP contribution < -0.4 is 0 Å². The van der Waals surface area contributed by atoms with E-state index in [2.05, 4.69) is 244 Å². The molecule has 0 saturated heterocycles. The van der Waals surface area contributed by atoms with Crippen LogP contribution in [0.4, 0.5) is 13.2 Å². The summed E-state index contributed by atoms with van der Waals surface area (Å²) in [5.74, 6) is 2.74. The largest absolute Gasteiger partial charge is 0.418 e. The molecule has 1 heterocycles. The van der Waals surface area contributed by atoms with Crippen LogP contribution in [0.5, 0.6) is 0 Å². The summed E-state index contributed by atoms with van der Waals surface area (Å²) in [6.45, 7) is 36.2. The number of rotatable bonds is 15. The Morgan fingerprint density at radius 2 is 0.482 bits per heavy atom. The van der Waals surface area contributed by atoms with Crippen molar-refractivity contribution >= 4 is 21.8 Å². The van der Waals surface area contributed by atoms with Crippen LogP contribution in [-0.4, -0.2) is 4.57 Å². The molecule has 4 heteroatoms. The molecule has 0 saturated carbocycles. The van der Waals surface area contributed by atoms with Crippen LogP contribution >= 0.6 is 0 Å². The van der Waals surface area contributed by atoms with Crippen molar-refractivity contribution in [3.8, 4) is 72.4 Å². The number of fused-ring (bicyclic) bond motifs is 3. The number of hydrogen-bond donors (Lipinski definition) is 0. The van der Waals surface area contributed by atoms with Crippen molar-refractivity contribution in [2.75, 3.05) is 0 Å². The van der Waals surface area contributed by atoms with Crippen LogP contribution in [0.1, 0.15) is 208 Å². The van der Waals surface area contributed by atoms with Crippen LogP contribution in [-0.2, 0) is 6.18 Å². The van der Waals surface area contributed by atoms with Gasteiger partial charge < -0.3 is 4.57 Å². The fourth-order valence-electron chi connectivity index (χ4n) is 11.8. The number of hydrogen-bond acceptors (Lipinski definition) is 0. The minimum absolute atomic E-state index is 0.100. The zero-order valence-corrected chi connectivity index (χ0v) is 51.9. The van der Waals surface area contributed by atoms with E-state index in [0.29, 0.717) is 58.4 Å². The summed E-state index contributed by atoms with van der Waals surface area (Å²) in [5.41, 5.74) is 24.5. The lowest BCUT2D eigenvalue weighted by Gasteiger charge is -2.18. The minimum atomic E-state index is -4.58. The highest BCUT2D eigenvalue weighted by Crippen LogP contribution is 2.45. The first-order valence-electron chi connectivity index (χ1n) is 30.5. The van der Waals surface area contributed by atoms with E-state index >= 15 is 13.2 Å². The third kappa shape index (κ3) is 12.2. The molecule has 0 aliphatic carbocycles. The van der Waals surface area contributed by atoms with E-state index in [1.807, 2.05) is 16.7 Å². The molecular weight excluding hydrogens is 1020 g/mol. The van der Waals surface area contributed by atoms with Crippen molar-refractivity contribution in [3.05, 3.63) is 220 Å². The van der Waals surface area contributed by atoms with Crippen LogP contribution in [0, 0.1) is 0 Å². The molecule has 0 spiro atoms. The Morgan fingerprint density at radius 1 is 0.253 bits per heavy atom. The van der Waals surface area contributed by atoms with Crippen molar-refractivity contribution in [3.63, 3.8) is 0 Å². The van der Waals surface area contributed by atoms with E-state index in [4.69, 9.17) is 0 Å². The highest BCUT2D eigenvalue weighted by Gasteiger charge is 2.34. The molecule has 1 nitrogen and oxygen atoms in total. The number of aromatic nitrogens is 1. The van der Waals surface area contributed by atoms with Gasteiger partial charge in [-0.05, 0) is 231 Å². The summed E-state index contributed by atoms with van der Waals surface area (Å²) in [6, 6.07) is 61.0. The summed E-state index contributed by atoms with van der Waals surface area (Å²) >= 11 is 0. The fraction of sp³-hybridized carbons (Fsp3) is 0.316. The van der Waals surface area contributed by atoms with Gasteiger partial charge in [-0.2, -0.15) is 13.2 Å². The normalized spacial score (nSPS) is 12.4. The maximum atomic E-state index is 15.3. The molecule has 10 aromatic rings. The van der Waals surface area contributed by atoms with Gasteiger partial charge in [0.1, 0.15) is 0 Å². The van der Waals surface area contributed by atoms with Crippen LogP contribution in [0.15, 0.2) is 170 Å². The molecule has 9 aromatic carbocycles. The standard InChI is InChI=1S/C79H84F3N/c1-45(2)55-25-56(46(3)4)30-65(29-55)69-37-63(38-70(41-69)66-31-57(47(5)6)26-58(32-66)48(7)8)53-21-23-76-73(43-53)74-44-54(22-24-77(74)83(76)78-20-18-17-19-75(78)79(80,81)82)64-39-71(67-33-59(49(9)10)27-60(34-67)50(11)12)42-72(40-64)68-35-61(51(13)14)28-62(36-68)52(15)16/h17-52H,1-16H3. The van der Waals surface area contributed by atoms with Crippen molar-refractivity contribution in [1.29, 1.82) is 0 Å². The van der Waals surface area contributed by atoms with Crippen molar-refractivity contribution in [2.45, 2.75) is 164 Å². The Hall–Kier alpha value is -7.43. The lowest BCUT2D eigenvalue weighted by molar-refractivity contribution is -0.137. The molecule has 0 aliphatic rings. The van der Waals surface area contributed by atoms with E-state index < -0.39 is 11.7 Å². The average molecular weight is 1100 g/mol. The third-order valence-electron chi connectivity index (χ3n) is 17.3. The SMILES string of the molecule is CC(C)c1cc(-c2cc(-c3cc(C(C)C)cc(C(C)C)c3)cc(-c3ccc4c(c3)c3cc(-c5cc(-c6cc(C(C)C)cc(C(C)C)c6)cc(-c6cc(C(C)C)cc(C(C)C)c6)c5)ccc3n4-c3ccccc3C(F)(F)F)c2)cc(C(C)C)c1. The van der Waals surface area contributed by atoms with Gasteiger partial charge >= 0.3 is 6.18 Å². The van der Waals surface area contributed by atoms with Gasteiger partial charge in [-0.3, -0.25) is 0 Å². The lowest BCUT2D eigenvalue weighted by atomic mass is 9.86. The van der Waals surface area contributed by atoms with E-state index in [1.165, 1.54) is 78.9 Å². The molecule has 0 aliphatic heterocycles. The van der Waals surface area contributed by atoms with Gasteiger partial charge in [0.2, 0.25) is 0 Å². The zero-order chi connectivity index (χ0) is 59.5. The Morgan fingerprint density at radius 3 is 0.723 bits per heavy atom. The molecule has 0 radical (unpaired) electrons. The van der Waals surface area contributed by atoms with Gasteiger partial charge in [0, 0.05) is 10.8 Å². The highest BCUT2D eigenvalue weighted by atomic mass is 19.4. The second-order valence-corrected chi connectivity index (χ2v) is 26.2. The van der Waals surface area contributed by atoms with Crippen molar-refractivity contribution in [1.82, 2.24) is 4.57 Å². The van der Waals surface area contributed by atoms with Gasteiger partial charge in [-0.15, -0.1) is 0 Å². The predicted molar refractivity (Wildman–Crippen MR) is 351 cm³/mol. The summed E-state index contributed by atoms with van der Waals surface area (Å²) < 4.78 is 47.6. The molecule has 0 amide bonds. The Balaban J connectivity index is 1.26.